The van der Waals surface area contributed by atoms with Crippen molar-refractivity contribution in [2.45, 2.75) is 32.1 Å². The zero-order valence-electron chi connectivity index (χ0n) is 11.2. The molecule has 0 aromatic heterocycles. The monoisotopic (exact) mass is 325 g/mol. The number of halogens is 1. The molecule has 0 saturated heterocycles. The number of hydrogen-bond donors (Lipinski definition) is 1. The van der Waals surface area contributed by atoms with E-state index < -0.39 is 0 Å². The highest BCUT2D eigenvalue weighted by atomic mass is 79.9. The lowest BCUT2D eigenvalue weighted by molar-refractivity contribution is -0.127. The molecule has 0 aliphatic heterocycles. The van der Waals surface area contributed by atoms with Crippen LogP contribution in [0, 0.1) is 5.41 Å². The van der Waals surface area contributed by atoms with Gasteiger partial charge in [-0.3, -0.25) is 4.79 Å². The van der Waals surface area contributed by atoms with Crippen molar-refractivity contribution in [3.63, 3.8) is 0 Å². The number of carbonyl (C=O) groups excluding carboxylic acids is 1. The summed E-state index contributed by atoms with van der Waals surface area (Å²) in [5, 5.41) is 0. The summed E-state index contributed by atoms with van der Waals surface area (Å²) in [6.07, 6.45) is 4.48. The maximum absolute atomic E-state index is 12.6. The summed E-state index contributed by atoms with van der Waals surface area (Å²) in [5.74, 6) is 1.02. The highest BCUT2D eigenvalue weighted by Gasteiger charge is 2.39. The number of benzene rings is 1. The molecule has 104 valence electrons. The average molecular weight is 326 g/mol. The molecular formula is C15H20BrNO2. The standard InChI is InChI=1S/C15H20BrNO2/c1-19-13-5-4-12(16)8-11(13)9-14(18)15(10-17)6-2-3-7-15/h4-5,8H,2-3,6-7,9-10,17H2,1H3. The third kappa shape index (κ3) is 3.00. The largest absolute Gasteiger partial charge is 0.496 e. The topological polar surface area (TPSA) is 52.3 Å². The van der Waals surface area contributed by atoms with Crippen molar-refractivity contribution in [1.29, 1.82) is 0 Å². The summed E-state index contributed by atoms with van der Waals surface area (Å²) in [5.41, 5.74) is 6.50. The lowest BCUT2D eigenvalue weighted by Crippen LogP contribution is -2.37. The average Bonchev–Trinajstić information content (AvgIpc) is 2.89. The van der Waals surface area contributed by atoms with Crippen LogP contribution in [0.5, 0.6) is 5.75 Å². The number of carbonyl (C=O) groups is 1. The number of methoxy groups -OCH3 is 1. The van der Waals surface area contributed by atoms with Gasteiger partial charge in [0.1, 0.15) is 11.5 Å². The first-order chi connectivity index (χ1) is 9.11. The fourth-order valence-electron chi connectivity index (χ4n) is 2.89. The molecule has 0 atom stereocenters. The lowest BCUT2D eigenvalue weighted by Gasteiger charge is -2.25. The van der Waals surface area contributed by atoms with Gasteiger partial charge < -0.3 is 10.5 Å². The van der Waals surface area contributed by atoms with Crippen molar-refractivity contribution in [2.24, 2.45) is 11.1 Å². The summed E-state index contributed by atoms with van der Waals surface area (Å²) in [6.45, 7) is 0.460. The van der Waals surface area contributed by atoms with E-state index in [-0.39, 0.29) is 11.2 Å². The Morgan fingerprint density at radius 3 is 2.68 bits per heavy atom. The zero-order valence-corrected chi connectivity index (χ0v) is 12.8. The molecule has 4 heteroatoms. The summed E-state index contributed by atoms with van der Waals surface area (Å²) in [6, 6.07) is 5.76. The van der Waals surface area contributed by atoms with Crippen LogP contribution < -0.4 is 10.5 Å². The number of ketones is 1. The summed E-state index contributed by atoms with van der Waals surface area (Å²) >= 11 is 3.44. The van der Waals surface area contributed by atoms with Gasteiger partial charge in [0, 0.05) is 28.4 Å². The molecule has 0 heterocycles. The van der Waals surface area contributed by atoms with E-state index in [4.69, 9.17) is 10.5 Å². The van der Waals surface area contributed by atoms with Crippen LogP contribution in [0.25, 0.3) is 0 Å². The van der Waals surface area contributed by atoms with Crippen LogP contribution in [0.1, 0.15) is 31.2 Å². The van der Waals surface area contributed by atoms with Crippen LogP contribution in [-0.2, 0) is 11.2 Å². The van der Waals surface area contributed by atoms with Gasteiger partial charge in [-0.25, -0.2) is 0 Å². The minimum Gasteiger partial charge on any atom is -0.496 e. The van der Waals surface area contributed by atoms with Crippen molar-refractivity contribution < 1.29 is 9.53 Å². The second-order valence-corrected chi connectivity index (χ2v) is 6.16. The molecule has 1 aromatic rings. The van der Waals surface area contributed by atoms with E-state index in [9.17, 15) is 4.79 Å². The molecule has 3 nitrogen and oxygen atoms in total. The van der Waals surface area contributed by atoms with Crippen molar-refractivity contribution >= 4 is 21.7 Å². The van der Waals surface area contributed by atoms with E-state index in [1.54, 1.807) is 7.11 Å². The van der Waals surface area contributed by atoms with E-state index in [1.807, 2.05) is 18.2 Å². The van der Waals surface area contributed by atoms with Gasteiger partial charge in [-0.1, -0.05) is 28.8 Å². The predicted octanol–water partition coefficient (Wildman–Crippen LogP) is 3.09. The van der Waals surface area contributed by atoms with Crippen LogP contribution in [0.3, 0.4) is 0 Å². The molecule has 1 aromatic carbocycles. The molecule has 0 radical (unpaired) electrons. The Morgan fingerprint density at radius 2 is 2.11 bits per heavy atom. The van der Waals surface area contributed by atoms with Gasteiger partial charge in [0.25, 0.3) is 0 Å². The molecule has 1 aliphatic rings. The quantitative estimate of drug-likeness (QED) is 0.905. The first-order valence-electron chi connectivity index (χ1n) is 6.67. The molecule has 1 saturated carbocycles. The van der Waals surface area contributed by atoms with Crippen LogP contribution in [0.2, 0.25) is 0 Å². The van der Waals surface area contributed by atoms with E-state index in [0.29, 0.717) is 13.0 Å². The molecule has 0 amide bonds. The van der Waals surface area contributed by atoms with E-state index in [1.165, 1.54) is 0 Å². The molecule has 0 spiro atoms. The minimum atomic E-state index is -0.298. The van der Waals surface area contributed by atoms with Crippen molar-refractivity contribution in [3.05, 3.63) is 28.2 Å². The van der Waals surface area contributed by atoms with Gasteiger partial charge in [-0.2, -0.15) is 0 Å². The molecule has 1 aliphatic carbocycles. The molecule has 1 fully saturated rings. The zero-order chi connectivity index (χ0) is 13.9. The van der Waals surface area contributed by atoms with Crippen LogP contribution in [-0.4, -0.2) is 19.4 Å². The summed E-state index contributed by atoms with van der Waals surface area (Å²) < 4.78 is 6.29. The van der Waals surface area contributed by atoms with Crippen molar-refractivity contribution in [1.82, 2.24) is 0 Å². The Labute approximate surface area is 122 Å². The SMILES string of the molecule is COc1ccc(Br)cc1CC(=O)C1(CN)CCCC1. The molecular weight excluding hydrogens is 306 g/mol. The van der Waals surface area contributed by atoms with Crippen molar-refractivity contribution in [3.8, 4) is 5.75 Å². The van der Waals surface area contributed by atoms with Gasteiger partial charge in [0.05, 0.1) is 7.11 Å². The fourth-order valence-corrected chi connectivity index (χ4v) is 3.30. The second-order valence-electron chi connectivity index (χ2n) is 5.25. The number of ether oxygens (including phenoxy) is 1. The fraction of sp³-hybridized carbons (Fsp3) is 0.533. The third-order valence-corrected chi connectivity index (χ3v) is 4.63. The number of rotatable bonds is 5. The summed E-state index contributed by atoms with van der Waals surface area (Å²) in [4.78, 5) is 12.6. The molecule has 2 N–H and O–H groups in total. The Kier molecular flexibility index (Phi) is 4.63. The maximum Gasteiger partial charge on any atom is 0.144 e. The first-order valence-corrected chi connectivity index (χ1v) is 7.46. The van der Waals surface area contributed by atoms with Crippen LogP contribution in [0.4, 0.5) is 0 Å². The highest BCUT2D eigenvalue weighted by molar-refractivity contribution is 9.10. The van der Waals surface area contributed by atoms with Gasteiger partial charge in [-0.15, -0.1) is 0 Å². The minimum absolute atomic E-state index is 0.254. The molecule has 0 bridgehead atoms. The van der Waals surface area contributed by atoms with E-state index >= 15 is 0 Å². The predicted molar refractivity (Wildman–Crippen MR) is 79.4 cm³/mol. The van der Waals surface area contributed by atoms with Gasteiger partial charge in [0.15, 0.2) is 0 Å². The molecule has 19 heavy (non-hydrogen) atoms. The van der Waals surface area contributed by atoms with E-state index in [2.05, 4.69) is 15.9 Å². The number of hydrogen-bond acceptors (Lipinski definition) is 3. The third-order valence-electron chi connectivity index (χ3n) is 4.14. The summed E-state index contributed by atoms with van der Waals surface area (Å²) in [7, 11) is 1.63. The second kappa shape index (κ2) is 6.06. The van der Waals surface area contributed by atoms with Gasteiger partial charge in [-0.05, 0) is 31.0 Å². The Bertz CT molecular complexity index is 467. The maximum atomic E-state index is 12.6. The van der Waals surface area contributed by atoms with Crippen LogP contribution in [0.15, 0.2) is 22.7 Å². The Balaban J connectivity index is 2.20. The molecule has 2 rings (SSSR count). The van der Waals surface area contributed by atoms with Crippen molar-refractivity contribution in [2.75, 3.05) is 13.7 Å². The smallest absolute Gasteiger partial charge is 0.144 e. The Morgan fingerprint density at radius 1 is 1.42 bits per heavy atom. The van der Waals surface area contributed by atoms with Crippen LogP contribution >= 0.6 is 15.9 Å². The first kappa shape index (κ1) is 14.5. The Hall–Kier alpha value is -0.870. The van der Waals surface area contributed by atoms with Gasteiger partial charge >= 0.3 is 0 Å². The van der Waals surface area contributed by atoms with E-state index in [0.717, 1.165) is 41.5 Å². The number of Topliss-reactive ketones (excluding diaryl/α,β-unsaturated/α-hetero) is 1. The lowest BCUT2D eigenvalue weighted by atomic mass is 9.79. The highest BCUT2D eigenvalue weighted by Crippen LogP contribution is 2.39. The number of nitrogens with two attached hydrogens (primary N) is 1. The molecule has 0 unspecified atom stereocenters. The van der Waals surface area contributed by atoms with Gasteiger partial charge in [0.2, 0.25) is 0 Å². The normalized spacial score (nSPS) is 17.4.